The van der Waals surface area contributed by atoms with Crippen LogP contribution < -0.4 is 16.3 Å². The number of amides is 2. The van der Waals surface area contributed by atoms with Crippen molar-refractivity contribution < 1.29 is 9.59 Å². The zero-order valence-corrected chi connectivity index (χ0v) is 15.6. The van der Waals surface area contributed by atoms with Crippen LogP contribution in [0.15, 0.2) is 63.9 Å². The number of benzene rings is 2. The predicted molar refractivity (Wildman–Crippen MR) is 101 cm³/mol. The number of hydrogen-bond acceptors (Lipinski definition) is 5. The number of anilines is 1. The lowest BCUT2D eigenvalue weighted by Gasteiger charge is -2.08. The third-order valence-corrected chi connectivity index (χ3v) is 4.22. The minimum atomic E-state index is -0.547. The minimum absolute atomic E-state index is 0.234. The molecule has 0 atom stereocenters. The second kappa shape index (κ2) is 8.41. The summed E-state index contributed by atoms with van der Waals surface area (Å²) in [4.78, 5) is 36.2. The Morgan fingerprint density at radius 3 is 2.41 bits per heavy atom. The SMILES string of the molecule is O=C(Cn1nnn(-c2ccccc2)c1=O)NCC(=O)Nc1ccccc1Br. The number of nitrogens with one attached hydrogen (secondary N) is 2. The fraction of sp³-hybridized carbons (Fsp3) is 0.118. The molecular formula is C17H15BrN6O3. The van der Waals surface area contributed by atoms with Gasteiger partial charge in [-0.1, -0.05) is 30.3 Å². The molecule has 1 aromatic heterocycles. The quantitative estimate of drug-likeness (QED) is 0.604. The smallest absolute Gasteiger partial charge is 0.345 e. The first-order valence-electron chi connectivity index (χ1n) is 7.94. The number of aromatic nitrogens is 4. The number of nitrogens with zero attached hydrogens (tertiary/aromatic N) is 4. The van der Waals surface area contributed by atoms with Gasteiger partial charge in [-0.25, -0.2) is 4.79 Å². The first-order chi connectivity index (χ1) is 13.0. The Hall–Kier alpha value is -3.27. The molecule has 1 heterocycles. The summed E-state index contributed by atoms with van der Waals surface area (Å²) in [7, 11) is 0. The van der Waals surface area contributed by atoms with Crippen LogP contribution in [0.3, 0.4) is 0 Å². The van der Waals surface area contributed by atoms with E-state index < -0.39 is 17.5 Å². The van der Waals surface area contributed by atoms with E-state index in [2.05, 4.69) is 37.0 Å². The van der Waals surface area contributed by atoms with Gasteiger partial charge in [-0.3, -0.25) is 9.59 Å². The molecule has 0 aliphatic rings. The molecule has 0 aliphatic carbocycles. The standard InChI is InChI=1S/C17H15BrN6O3/c18-13-8-4-5-9-14(13)20-15(25)10-19-16(26)11-23-17(27)24(22-21-23)12-6-2-1-3-7-12/h1-9H,10-11H2,(H,19,26)(H,20,25). The molecule has 0 spiro atoms. The molecule has 0 radical (unpaired) electrons. The van der Waals surface area contributed by atoms with Gasteiger partial charge in [0.2, 0.25) is 11.8 Å². The van der Waals surface area contributed by atoms with Crippen molar-refractivity contribution in [1.29, 1.82) is 0 Å². The molecule has 0 bridgehead atoms. The van der Waals surface area contributed by atoms with Gasteiger partial charge in [-0.2, -0.15) is 9.36 Å². The van der Waals surface area contributed by atoms with Gasteiger partial charge in [0.1, 0.15) is 6.54 Å². The molecule has 0 fully saturated rings. The van der Waals surface area contributed by atoms with E-state index in [-0.39, 0.29) is 13.1 Å². The number of hydrogen-bond donors (Lipinski definition) is 2. The van der Waals surface area contributed by atoms with Crippen LogP contribution in [-0.4, -0.2) is 38.1 Å². The lowest BCUT2D eigenvalue weighted by molar-refractivity contribution is -0.124. The van der Waals surface area contributed by atoms with Crippen molar-refractivity contribution >= 4 is 33.4 Å². The van der Waals surface area contributed by atoms with Gasteiger partial charge in [0.05, 0.1) is 17.9 Å². The molecule has 0 aliphatic heterocycles. The van der Waals surface area contributed by atoms with E-state index in [4.69, 9.17) is 0 Å². The molecule has 3 aromatic rings. The summed E-state index contributed by atoms with van der Waals surface area (Å²) in [6, 6.07) is 15.9. The molecule has 2 N–H and O–H groups in total. The lowest BCUT2D eigenvalue weighted by Crippen LogP contribution is -2.37. The first kappa shape index (κ1) is 18.5. The Morgan fingerprint density at radius 1 is 0.963 bits per heavy atom. The van der Waals surface area contributed by atoms with Gasteiger partial charge in [0.15, 0.2) is 0 Å². The highest BCUT2D eigenvalue weighted by Gasteiger charge is 2.13. The van der Waals surface area contributed by atoms with Crippen molar-refractivity contribution in [3.05, 3.63) is 69.6 Å². The van der Waals surface area contributed by atoms with Crippen LogP contribution in [0.5, 0.6) is 0 Å². The highest BCUT2D eigenvalue weighted by molar-refractivity contribution is 9.10. The number of para-hydroxylation sites is 2. The molecular weight excluding hydrogens is 416 g/mol. The van der Waals surface area contributed by atoms with Gasteiger partial charge in [-0.15, -0.1) is 0 Å². The predicted octanol–water partition coefficient (Wildman–Crippen LogP) is 0.946. The number of carbonyl (C=O) groups is 2. The summed E-state index contributed by atoms with van der Waals surface area (Å²) in [5.41, 5.74) is 0.592. The molecule has 27 heavy (non-hydrogen) atoms. The highest BCUT2D eigenvalue weighted by atomic mass is 79.9. The fourth-order valence-electron chi connectivity index (χ4n) is 2.23. The Kier molecular flexibility index (Phi) is 5.77. The highest BCUT2D eigenvalue weighted by Crippen LogP contribution is 2.20. The van der Waals surface area contributed by atoms with Crippen molar-refractivity contribution in [3.63, 3.8) is 0 Å². The van der Waals surface area contributed by atoms with Crippen molar-refractivity contribution in [2.45, 2.75) is 6.54 Å². The molecule has 0 saturated heterocycles. The van der Waals surface area contributed by atoms with Crippen LogP contribution in [0.25, 0.3) is 5.69 Å². The van der Waals surface area contributed by atoms with Crippen molar-refractivity contribution in [2.75, 3.05) is 11.9 Å². The maximum absolute atomic E-state index is 12.3. The molecule has 3 rings (SSSR count). The van der Waals surface area contributed by atoms with Gasteiger partial charge in [0, 0.05) is 4.47 Å². The molecule has 0 unspecified atom stereocenters. The Balaban J connectivity index is 1.56. The third kappa shape index (κ3) is 4.67. The lowest BCUT2D eigenvalue weighted by atomic mass is 10.3. The third-order valence-electron chi connectivity index (χ3n) is 3.53. The molecule has 0 saturated carbocycles. The summed E-state index contributed by atoms with van der Waals surface area (Å²) < 4.78 is 2.75. The normalized spacial score (nSPS) is 10.4. The minimum Gasteiger partial charge on any atom is -0.345 e. The van der Waals surface area contributed by atoms with Crippen molar-refractivity contribution in [1.82, 2.24) is 25.1 Å². The summed E-state index contributed by atoms with van der Waals surface area (Å²) in [6.07, 6.45) is 0. The molecule has 138 valence electrons. The van der Waals surface area contributed by atoms with Crippen LogP contribution in [0.2, 0.25) is 0 Å². The fourth-order valence-corrected chi connectivity index (χ4v) is 2.62. The van der Waals surface area contributed by atoms with E-state index in [9.17, 15) is 14.4 Å². The van der Waals surface area contributed by atoms with Crippen LogP contribution in [-0.2, 0) is 16.1 Å². The monoisotopic (exact) mass is 430 g/mol. The van der Waals surface area contributed by atoms with Crippen LogP contribution >= 0.6 is 15.9 Å². The van der Waals surface area contributed by atoms with E-state index >= 15 is 0 Å². The number of halogens is 1. The molecule has 10 heteroatoms. The van der Waals surface area contributed by atoms with Gasteiger partial charge in [-0.05, 0) is 50.6 Å². The summed E-state index contributed by atoms with van der Waals surface area (Å²) in [5.74, 6) is -0.921. The van der Waals surface area contributed by atoms with Crippen molar-refractivity contribution in [2.24, 2.45) is 0 Å². The second-order valence-corrected chi connectivity index (χ2v) is 6.33. The van der Waals surface area contributed by atoms with Crippen LogP contribution in [0.1, 0.15) is 0 Å². The largest absolute Gasteiger partial charge is 0.368 e. The van der Waals surface area contributed by atoms with Crippen molar-refractivity contribution in [3.8, 4) is 5.69 Å². The Morgan fingerprint density at radius 2 is 1.67 bits per heavy atom. The summed E-state index contributed by atoms with van der Waals surface area (Å²) >= 11 is 3.32. The molecule has 2 amide bonds. The zero-order chi connectivity index (χ0) is 19.2. The summed E-state index contributed by atoms with van der Waals surface area (Å²) in [5, 5.41) is 12.5. The Bertz CT molecular complexity index is 1010. The van der Waals surface area contributed by atoms with E-state index in [1.165, 1.54) is 0 Å². The number of tetrazole rings is 1. The van der Waals surface area contributed by atoms with Crippen LogP contribution in [0, 0.1) is 0 Å². The topological polar surface area (TPSA) is 111 Å². The van der Waals surface area contributed by atoms with E-state index in [1.807, 2.05) is 12.1 Å². The average Bonchev–Trinajstić information content (AvgIpc) is 3.03. The number of rotatable bonds is 6. The average molecular weight is 431 g/mol. The summed E-state index contributed by atoms with van der Waals surface area (Å²) in [6.45, 7) is -0.574. The molecule has 2 aromatic carbocycles. The van der Waals surface area contributed by atoms with Gasteiger partial charge < -0.3 is 10.6 Å². The number of carbonyl (C=O) groups excluding carboxylic acids is 2. The van der Waals surface area contributed by atoms with Gasteiger partial charge in [0.25, 0.3) is 0 Å². The van der Waals surface area contributed by atoms with E-state index in [0.29, 0.717) is 11.4 Å². The van der Waals surface area contributed by atoms with E-state index in [0.717, 1.165) is 13.8 Å². The van der Waals surface area contributed by atoms with E-state index in [1.54, 1.807) is 42.5 Å². The van der Waals surface area contributed by atoms with Gasteiger partial charge >= 0.3 is 5.69 Å². The maximum Gasteiger partial charge on any atom is 0.368 e. The Labute approximate surface area is 162 Å². The second-order valence-electron chi connectivity index (χ2n) is 5.47. The zero-order valence-electron chi connectivity index (χ0n) is 14.0. The van der Waals surface area contributed by atoms with Crippen LogP contribution in [0.4, 0.5) is 5.69 Å². The first-order valence-corrected chi connectivity index (χ1v) is 8.73. The molecule has 9 nitrogen and oxygen atoms in total. The maximum atomic E-state index is 12.3.